The first-order chi connectivity index (χ1) is 8.29. The Morgan fingerprint density at radius 3 is 2.82 bits per heavy atom. The minimum Gasteiger partial charge on any atom is -0.490 e. The first kappa shape index (κ1) is 13.0. The van der Waals surface area contributed by atoms with Crippen LogP contribution in [0.5, 0.6) is 11.5 Å². The van der Waals surface area contributed by atoms with Crippen molar-refractivity contribution in [2.75, 3.05) is 24.7 Å². The van der Waals surface area contributed by atoms with Gasteiger partial charge in [0.15, 0.2) is 11.5 Å². The lowest BCUT2D eigenvalue weighted by molar-refractivity contribution is 0.297. The molecular weight excluding hydrogens is 252 g/mol. The average Bonchev–Trinajstić information content (AvgIpc) is 2.60. The van der Waals surface area contributed by atoms with E-state index in [-0.39, 0.29) is 0 Å². The van der Waals surface area contributed by atoms with E-state index in [0.717, 1.165) is 42.6 Å². The molecule has 0 bridgehead atoms. The fourth-order valence-corrected chi connectivity index (χ4v) is 2.78. The quantitative estimate of drug-likeness (QED) is 0.667. The molecule has 4 heteroatoms. The lowest BCUT2D eigenvalue weighted by atomic mass is 10.3. The molecule has 94 valence electrons. The zero-order chi connectivity index (χ0) is 12.1. The molecule has 0 N–H and O–H groups in total. The van der Waals surface area contributed by atoms with Crippen LogP contribution >= 0.6 is 24.4 Å². The highest BCUT2D eigenvalue weighted by Gasteiger charge is 2.11. The molecule has 17 heavy (non-hydrogen) atoms. The standard InChI is InChI=1S/C13H18O2S2/c1-10(8-16)9-17-11-3-4-12-13(7-11)15-6-2-5-14-12/h3-4,7,10,16H,2,5-6,8-9H2,1H3. The van der Waals surface area contributed by atoms with Crippen LogP contribution in [0.1, 0.15) is 13.3 Å². The molecule has 1 aliphatic rings. The first-order valence-corrected chi connectivity index (χ1v) is 7.54. The van der Waals surface area contributed by atoms with Crippen LogP contribution in [-0.4, -0.2) is 24.7 Å². The molecule has 1 heterocycles. The highest BCUT2D eigenvalue weighted by molar-refractivity contribution is 7.99. The third-order valence-electron chi connectivity index (χ3n) is 2.57. The van der Waals surface area contributed by atoms with Crippen LogP contribution in [0, 0.1) is 5.92 Å². The molecular formula is C13H18O2S2. The predicted octanol–water partition coefficient (Wildman–Crippen LogP) is 3.51. The van der Waals surface area contributed by atoms with E-state index in [4.69, 9.17) is 9.47 Å². The van der Waals surface area contributed by atoms with E-state index in [0.29, 0.717) is 5.92 Å². The molecule has 0 spiro atoms. The molecule has 1 aromatic carbocycles. The molecule has 1 unspecified atom stereocenters. The normalized spacial score (nSPS) is 16.4. The van der Waals surface area contributed by atoms with E-state index >= 15 is 0 Å². The third-order valence-corrected chi connectivity index (χ3v) is 4.51. The van der Waals surface area contributed by atoms with E-state index in [1.54, 1.807) is 0 Å². The van der Waals surface area contributed by atoms with Gasteiger partial charge in [-0.3, -0.25) is 0 Å². The topological polar surface area (TPSA) is 18.5 Å². The molecule has 2 nitrogen and oxygen atoms in total. The SMILES string of the molecule is CC(CS)CSc1ccc2c(c1)OCCCO2. The molecule has 1 aliphatic heterocycles. The summed E-state index contributed by atoms with van der Waals surface area (Å²) in [6.07, 6.45) is 0.952. The summed E-state index contributed by atoms with van der Waals surface area (Å²) < 4.78 is 11.3. The van der Waals surface area contributed by atoms with E-state index < -0.39 is 0 Å². The van der Waals surface area contributed by atoms with Gasteiger partial charge in [-0.2, -0.15) is 12.6 Å². The van der Waals surface area contributed by atoms with Gasteiger partial charge < -0.3 is 9.47 Å². The van der Waals surface area contributed by atoms with Gasteiger partial charge in [-0.05, 0) is 29.9 Å². The summed E-state index contributed by atoms with van der Waals surface area (Å²) in [5.74, 6) is 4.39. The van der Waals surface area contributed by atoms with Gasteiger partial charge in [0.25, 0.3) is 0 Å². The Labute approximate surface area is 112 Å². The number of fused-ring (bicyclic) bond motifs is 1. The van der Waals surface area contributed by atoms with Gasteiger partial charge in [0.05, 0.1) is 13.2 Å². The first-order valence-electron chi connectivity index (χ1n) is 5.93. The van der Waals surface area contributed by atoms with Crippen molar-refractivity contribution < 1.29 is 9.47 Å². The van der Waals surface area contributed by atoms with Crippen molar-refractivity contribution >= 4 is 24.4 Å². The fourth-order valence-electron chi connectivity index (χ4n) is 1.52. The molecule has 0 saturated heterocycles. The molecule has 0 saturated carbocycles. The molecule has 0 radical (unpaired) electrons. The van der Waals surface area contributed by atoms with Crippen molar-refractivity contribution in [1.29, 1.82) is 0 Å². The van der Waals surface area contributed by atoms with Crippen LogP contribution in [0.3, 0.4) is 0 Å². The van der Waals surface area contributed by atoms with Gasteiger partial charge >= 0.3 is 0 Å². The van der Waals surface area contributed by atoms with E-state index in [2.05, 4.69) is 31.7 Å². The number of hydrogen-bond donors (Lipinski definition) is 1. The highest BCUT2D eigenvalue weighted by atomic mass is 32.2. The molecule has 1 atom stereocenters. The highest BCUT2D eigenvalue weighted by Crippen LogP contribution is 2.34. The minimum atomic E-state index is 0.624. The molecule has 0 fully saturated rings. The summed E-state index contributed by atoms with van der Waals surface area (Å²) in [4.78, 5) is 1.24. The van der Waals surface area contributed by atoms with Gasteiger partial charge in [-0.1, -0.05) is 6.92 Å². The van der Waals surface area contributed by atoms with Crippen LogP contribution in [0.2, 0.25) is 0 Å². The van der Waals surface area contributed by atoms with Crippen LogP contribution in [-0.2, 0) is 0 Å². The number of thioether (sulfide) groups is 1. The summed E-state index contributed by atoms with van der Waals surface area (Å²) in [6.45, 7) is 3.70. The monoisotopic (exact) mass is 270 g/mol. The maximum Gasteiger partial charge on any atom is 0.162 e. The predicted molar refractivity (Wildman–Crippen MR) is 75.8 cm³/mol. The number of thiol groups is 1. The Morgan fingerprint density at radius 1 is 1.29 bits per heavy atom. The van der Waals surface area contributed by atoms with Crippen LogP contribution in [0.4, 0.5) is 0 Å². The van der Waals surface area contributed by atoms with Gasteiger partial charge in [0.2, 0.25) is 0 Å². The summed E-state index contributed by atoms with van der Waals surface area (Å²) >= 11 is 6.15. The van der Waals surface area contributed by atoms with Gasteiger partial charge in [0, 0.05) is 17.1 Å². The molecule has 0 aliphatic carbocycles. The second kappa shape index (κ2) is 6.45. The molecule has 0 aromatic heterocycles. The van der Waals surface area contributed by atoms with Crippen LogP contribution in [0.15, 0.2) is 23.1 Å². The van der Waals surface area contributed by atoms with Gasteiger partial charge in [-0.15, -0.1) is 11.8 Å². The van der Waals surface area contributed by atoms with E-state index in [1.165, 1.54) is 4.90 Å². The fraction of sp³-hybridized carbons (Fsp3) is 0.538. The van der Waals surface area contributed by atoms with Crippen molar-refractivity contribution in [3.8, 4) is 11.5 Å². The number of hydrogen-bond acceptors (Lipinski definition) is 4. The Balaban J connectivity index is 2.02. The second-order valence-corrected chi connectivity index (χ2v) is 5.72. The van der Waals surface area contributed by atoms with Crippen LogP contribution < -0.4 is 9.47 Å². The van der Waals surface area contributed by atoms with E-state index in [1.807, 2.05) is 17.8 Å². The van der Waals surface area contributed by atoms with Crippen molar-refractivity contribution in [3.63, 3.8) is 0 Å². The number of benzene rings is 1. The van der Waals surface area contributed by atoms with Crippen LogP contribution in [0.25, 0.3) is 0 Å². The molecule has 1 aromatic rings. The molecule has 2 rings (SSSR count). The maximum absolute atomic E-state index is 5.67. The number of rotatable bonds is 4. The minimum absolute atomic E-state index is 0.624. The Morgan fingerprint density at radius 2 is 2.06 bits per heavy atom. The van der Waals surface area contributed by atoms with Crippen molar-refractivity contribution in [3.05, 3.63) is 18.2 Å². The van der Waals surface area contributed by atoms with Gasteiger partial charge in [0.1, 0.15) is 0 Å². The average molecular weight is 270 g/mol. The summed E-state index contributed by atoms with van der Waals surface area (Å²) in [5.41, 5.74) is 0. The zero-order valence-electron chi connectivity index (χ0n) is 10.0. The van der Waals surface area contributed by atoms with Gasteiger partial charge in [-0.25, -0.2) is 0 Å². The van der Waals surface area contributed by atoms with E-state index in [9.17, 15) is 0 Å². The molecule has 0 amide bonds. The zero-order valence-corrected chi connectivity index (χ0v) is 11.7. The summed E-state index contributed by atoms with van der Waals surface area (Å²) in [5, 5.41) is 0. The summed E-state index contributed by atoms with van der Waals surface area (Å²) in [7, 11) is 0. The Hall–Kier alpha value is -0.480. The van der Waals surface area contributed by atoms with Crippen molar-refractivity contribution in [2.45, 2.75) is 18.2 Å². The van der Waals surface area contributed by atoms with Crippen molar-refractivity contribution in [2.24, 2.45) is 5.92 Å². The maximum atomic E-state index is 5.67. The lowest BCUT2D eigenvalue weighted by Crippen LogP contribution is -1.99. The Kier molecular flexibility index (Phi) is 4.92. The Bertz CT molecular complexity index is 368. The smallest absolute Gasteiger partial charge is 0.162 e. The van der Waals surface area contributed by atoms with Crippen molar-refractivity contribution in [1.82, 2.24) is 0 Å². The second-order valence-electron chi connectivity index (χ2n) is 4.26. The third kappa shape index (κ3) is 3.75. The lowest BCUT2D eigenvalue weighted by Gasteiger charge is -2.10. The largest absolute Gasteiger partial charge is 0.490 e. The number of ether oxygens (including phenoxy) is 2. The summed E-state index contributed by atoms with van der Waals surface area (Å²) in [6, 6.07) is 6.19.